The number of nitrogens with zero attached hydrogens (tertiary/aromatic N) is 3. The van der Waals surface area contributed by atoms with Crippen LogP contribution >= 0.6 is 0 Å². The SMILES string of the molecule is [C-]#[N+]c1ccc(O[C@H]2CN(S(=O)(=O)c3cccc(OC(F)(F)F)n3)C[C@@]2(O)CO)cc1F. The van der Waals surface area contributed by atoms with Crippen molar-refractivity contribution in [3.05, 3.63) is 53.6 Å². The van der Waals surface area contributed by atoms with Crippen LogP contribution in [-0.2, 0) is 10.0 Å². The van der Waals surface area contributed by atoms with Gasteiger partial charge in [0.2, 0.25) is 11.6 Å². The zero-order chi connectivity index (χ0) is 23.7. The third-order valence-electron chi connectivity index (χ3n) is 4.53. The molecule has 0 bridgehead atoms. The maximum absolute atomic E-state index is 13.8. The van der Waals surface area contributed by atoms with Crippen molar-refractivity contribution in [2.24, 2.45) is 0 Å². The Bertz CT molecular complexity index is 1150. The van der Waals surface area contributed by atoms with Gasteiger partial charge in [-0.15, -0.1) is 13.2 Å². The molecule has 0 unspecified atom stereocenters. The van der Waals surface area contributed by atoms with E-state index in [-0.39, 0.29) is 11.4 Å². The van der Waals surface area contributed by atoms with Crippen LogP contribution in [0.1, 0.15) is 0 Å². The van der Waals surface area contributed by atoms with Gasteiger partial charge in [-0.1, -0.05) is 6.07 Å². The fourth-order valence-electron chi connectivity index (χ4n) is 2.97. The Hall–Kier alpha value is -2.99. The summed E-state index contributed by atoms with van der Waals surface area (Å²) in [4.78, 5) is 6.30. The smallest absolute Gasteiger partial charge is 0.486 e. The van der Waals surface area contributed by atoms with Gasteiger partial charge in [0.15, 0.2) is 5.03 Å². The minimum absolute atomic E-state index is 0.135. The van der Waals surface area contributed by atoms with Gasteiger partial charge in [-0.3, -0.25) is 0 Å². The fraction of sp³-hybridized carbons (Fsp3) is 0.333. The predicted octanol–water partition coefficient (Wildman–Crippen LogP) is 1.85. The van der Waals surface area contributed by atoms with Gasteiger partial charge in [0.1, 0.15) is 23.3 Å². The Morgan fingerprint density at radius 1 is 1.31 bits per heavy atom. The molecule has 2 atom stereocenters. The molecule has 1 saturated heterocycles. The molecular weight excluding hydrogens is 462 g/mol. The van der Waals surface area contributed by atoms with Crippen molar-refractivity contribution in [3.8, 4) is 11.6 Å². The van der Waals surface area contributed by atoms with Crippen molar-refractivity contribution in [1.82, 2.24) is 9.29 Å². The quantitative estimate of drug-likeness (QED) is 0.482. The monoisotopic (exact) mass is 477 g/mol. The summed E-state index contributed by atoms with van der Waals surface area (Å²) in [6.07, 6.45) is -6.45. The zero-order valence-corrected chi connectivity index (χ0v) is 16.8. The van der Waals surface area contributed by atoms with E-state index >= 15 is 0 Å². The molecule has 1 aliphatic rings. The Kier molecular flexibility index (Phi) is 6.29. The Morgan fingerprint density at radius 2 is 2.03 bits per heavy atom. The summed E-state index contributed by atoms with van der Waals surface area (Å²) in [5.41, 5.74) is -2.39. The predicted molar refractivity (Wildman–Crippen MR) is 98.8 cm³/mol. The fourth-order valence-corrected chi connectivity index (χ4v) is 4.42. The van der Waals surface area contributed by atoms with E-state index in [0.717, 1.165) is 30.3 Å². The van der Waals surface area contributed by atoms with Crippen molar-refractivity contribution in [1.29, 1.82) is 0 Å². The van der Waals surface area contributed by atoms with Gasteiger partial charge in [-0.05, 0) is 18.2 Å². The first-order valence-electron chi connectivity index (χ1n) is 8.78. The first kappa shape index (κ1) is 23.7. The highest BCUT2D eigenvalue weighted by molar-refractivity contribution is 7.89. The number of aromatic nitrogens is 1. The van der Waals surface area contributed by atoms with E-state index in [0.29, 0.717) is 4.31 Å². The minimum Gasteiger partial charge on any atom is -0.486 e. The molecule has 0 amide bonds. The molecule has 0 radical (unpaired) electrons. The molecule has 1 fully saturated rings. The maximum atomic E-state index is 13.8. The van der Waals surface area contributed by atoms with E-state index in [1.165, 1.54) is 6.07 Å². The molecule has 1 aromatic carbocycles. The summed E-state index contributed by atoms with van der Waals surface area (Å²) >= 11 is 0. The van der Waals surface area contributed by atoms with E-state index in [9.17, 15) is 36.2 Å². The zero-order valence-electron chi connectivity index (χ0n) is 16.0. The minimum atomic E-state index is -5.09. The molecule has 172 valence electrons. The number of ether oxygens (including phenoxy) is 2. The van der Waals surface area contributed by atoms with Crippen LogP contribution in [0.3, 0.4) is 0 Å². The molecule has 9 nitrogen and oxygen atoms in total. The molecule has 3 rings (SSSR count). The third-order valence-corrected chi connectivity index (χ3v) is 6.25. The molecule has 1 aromatic heterocycles. The Balaban J connectivity index is 1.86. The molecule has 0 spiro atoms. The average Bonchev–Trinajstić information content (AvgIpc) is 3.05. The van der Waals surface area contributed by atoms with Crippen molar-refractivity contribution < 1.29 is 45.7 Å². The van der Waals surface area contributed by atoms with Gasteiger partial charge in [0.25, 0.3) is 10.0 Å². The second-order valence-corrected chi connectivity index (χ2v) is 8.64. The number of aliphatic hydroxyl groups excluding tert-OH is 1. The summed E-state index contributed by atoms with van der Waals surface area (Å²) in [6, 6.07) is 5.95. The molecule has 32 heavy (non-hydrogen) atoms. The Morgan fingerprint density at radius 3 is 2.62 bits per heavy atom. The number of aliphatic hydroxyl groups is 2. The Labute approximate surface area is 179 Å². The summed E-state index contributed by atoms with van der Waals surface area (Å²) in [6.45, 7) is 4.69. The highest BCUT2D eigenvalue weighted by Crippen LogP contribution is 2.32. The highest BCUT2D eigenvalue weighted by Gasteiger charge is 2.51. The summed E-state index contributed by atoms with van der Waals surface area (Å²) in [5, 5.41) is 19.5. The van der Waals surface area contributed by atoms with Gasteiger partial charge >= 0.3 is 6.36 Å². The molecule has 14 heteroatoms. The van der Waals surface area contributed by atoms with Crippen molar-refractivity contribution in [2.45, 2.75) is 23.1 Å². The van der Waals surface area contributed by atoms with Gasteiger partial charge in [0.05, 0.1) is 19.7 Å². The van der Waals surface area contributed by atoms with E-state index < -0.39 is 64.5 Å². The number of hydrogen-bond acceptors (Lipinski definition) is 7. The number of pyridine rings is 1. The number of hydrogen-bond donors (Lipinski definition) is 2. The second kappa shape index (κ2) is 8.51. The molecule has 2 aromatic rings. The maximum Gasteiger partial charge on any atom is 0.574 e. The first-order valence-corrected chi connectivity index (χ1v) is 10.2. The van der Waals surface area contributed by atoms with E-state index in [1.54, 1.807) is 0 Å². The molecule has 0 aliphatic carbocycles. The number of sulfonamides is 1. The summed E-state index contributed by atoms with van der Waals surface area (Å²) in [7, 11) is -4.53. The normalized spacial score (nSPS) is 21.8. The van der Waals surface area contributed by atoms with Crippen molar-refractivity contribution >= 4 is 15.7 Å². The van der Waals surface area contributed by atoms with Gasteiger partial charge in [-0.25, -0.2) is 22.6 Å². The topological polar surface area (TPSA) is 114 Å². The summed E-state index contributed by atoms with van der Waals surface area (Å²) in [5.74, 6) is -2.04. The van der Waals surface area contributed by atoms with E-state index in [4.69, 9.17) is 11.3 Å². The van der Waals surface area contributed by atoms with Crippen molar-refractivity contribution in [2.75, 3.05) is 19.7 Å². The standard InChI is InChI=1S/C18H15F4N3O6S/c1-23-13-6-5-11(7-12(13)19)30-14-8-25(9-17(14,27)10-26)32(28,29)16-4-2-3-15(24-16)31-18(20,21)22/h2-7,14,26-27H,8-10H2/t14-,17+/m0/s1. The molecule has 2 N–H and O–H groups in total. The van der Waals surface area contributed by atoms with Crippen molar-refractivity contribution in [3.63, 3.8) is 0 Å². The van der Waals surface area contributed by atoms with Crippen LogP contribution < -0.4 is 9.47 Å². The van der Waals surface area contributed by atoms with Crippen LogP contribution in [0.15, 0.2) is 41.4 Å². The lowest BCUT2D eigenvalue weighted by Crippen LogP contribution is -2.48. The van der Waals surface area contributed by atoms with Crippen LogP contribution in [0.4, 0.5) is 23.2 Å². The second-order valence-electron chi connectivity index (χ2n) is 6.75. The molecule has 1 aliphatic heterocycles. The number of β-amino-alcohol motifs (C(OH)–C–C–N with tert-alkyl or cyclic N) is 1. The molecule has 0 saturated carbocycles. The molecular formula is C18H15F4N3O6S. The number of rotatable bonds is 6. The highest BCUT2D eigenvalue weighted by atomic mass is 32.2. The number of benzene rings is 1. The molecule has 2 heterocycles. The van der Waals surface area contributed by atoms with Crippen LogP contribution in [0, 0.1) is 12.4 Å². The first-order chi connectivity index (χ1) is 14.9. The average molecular weight is 477 g/mol. The van der Waals surface area contributed by atoms with Crippen LogP contribution in [0.25, 0.3) is 4.85 Å². The number of halogens is 4. The third kappa shape index (κ3) is 4.91. The van der Waals surface area contributed by atoms with E-state index in [2.05, 4.69) is 14.6 Å². The van der Waals surface area contributed by atoms with Crippen LogP contribution in [0.5, 0.6) is 11.6 Å². The summed E-state index contributed by atoms with van der Waals surface area (Å²) < 4.78 is 86.6. The van der Waals surface area contributed by atoms with Gasteiger partial charge < -0.3 is 19.7 Å². The van der Waals surface area contributed by atoms with E-state index in [1.807, 2.05) is 0 Å². The lowest BCUT2D eigenvalue weighted by molar-refractivity contribution is -0.276. The van der Waals surface area contributed by atoms with Gasteiger partial charge in [0, 0.05) is 18.7 Å². The lowest BCUT2D eigenvalue weighted by atomic mass is 10.0. The van der Waals surface area contributed by atoms with Crippen LogP contribution in [0.2, 0.25) is 0 Å². The number of alkyl halides is 3. The van der Waals surface area contributed by atoms with Gasteiger partial charge in [-0.2, -0.15) is 4.31 Å². The lowest BCUT2D eigenvalue weighted by Gasteiger charge is -2.27. The van der Waals surface area contributed by atoms with Crippen LogP contribution in [-0.4, -0.2) is 65.7 Å². The largest absolute Gasteiger partial charge is 0.574 e.